The molecule has 108 valence electrons. The van der Waals surface area contributed by atoms with Gasteiger partial charge in [-0.1, -0.05) is 24.4 Å². The second-order valence-electron chi connectivity index (χ2n) is 4.86. The standard InChI is InChI=1S/C14H17ClN2O3/c15-9-5-6-12(16)11(7-9)14(19)20-8-13(18)17-10-3-1-2-4-10/h5-7,10H,1-4,8,16H2,(H,17,18). The maximum Gasteiger partial charge on any atom is 0.340 e. The van der Waals surface area contributed by atoms with Crippen LogP contribution in [0.2, 0.25) is 5.02 Å². The van der Waals surface area contributed by atoms with Crippen molar-refractivity contribution in [2.45, 2.75) is 31.7 Å². The third-order valence-electron chi connectivity index (χ3n) is 3.29. The van der Waals surface area contributed by atoms with Crippen LogP contribution in [-0.4, -0.2) is 24.5 Å². The van der Waals surface area contributed by atoms with Gasteiger partial charge in [-0.2, -0.15) is 0 Å². The number of nitrogens with two attached hydrogens (primary N) is 1. The second kappa shape index (κ2) is 6.61. The number of carbonyl (C=O) groups is 2. The normalized spacial score (nSPS) is 15.1. The Kier molecular flexibility index (Phi) is 4.84. The summed E-state index contributed by atoms with van der Waals surface area (Å²) in [6, 6.07) is 4.74. The van der Waals surface area contributed by atoms with Gasteiger partial charge in [0.15, 0.2) is 6.61 Å². The predicted octanol–water partition coefficient (Wildman–Crippen LogP) is 2.14. The van der Waals surface area contributed by atoms with E-state index in [0.717, 1.165) is 25.7 Å². The number of halogens is 1. The van der Waals surface area contributed by atoms with Crippen molar-refractivity contribution >= 4 is 29.2 Å². The molecule has 1 fully saturated rings. The van der Waals surface area contributed by atoms with Gasteiger partial charge < -0.3 is 15.8 Å². The molecule has 1 aliphatic carbocycles. The molecule has 3 N–H and O–H groups in total. The van der Waals surface area contributed by atoms with Gasteiger partial charge in [0.1, 0.15) is 0 Å². The molecular formula is C14H17ClN2O3. The number of carbonyl (C=O) groups excluding carboxylic acids is 2. The van der Waals surface area contributed by atoms with E-state index in [9.17, 15) is 9.59 Å². The lowest BCUT2D eigenvalue weighted by Crippen LogP contribution is -2.35. The first-order chi connectivity index (χ1) is 9.56. The van der Waals surface area contributed by atoms with Gasteiger partial charge in [-0.15, -0.1) is 0 Å². The molecule has 1 amide bonds. The topological polar surface area (TPSA) is 81.4 Å². The number of nitrogens with one attached hydrogen (secondary N) is 1. The summed E-state index contributed by atoms with van der Waals surface area (Å²) in [5.74, 6) is -0.933. The molecule has 20 heavy (non-hydrogen) atoms. The zero-order chi connectivity index (χ0) is 14.5. The lowest BCUT2D eigenvalue weighted by atomic mass is 10.2. The minimum absolute atomic E-state index is 0.172. The summed E-state index contributed by atoms with van der Waals surface area (Å²) < 4.78 is 4.95. The maximum absolute atomic E-state index is 11.8. The lowest BCUT2D eigenvalue weighted by molar-refractivity contribution is -0.124. The van der Waals surface area contributed by atoms with E-state index in [0.29, 0.717) is 5.02 Å². The highest BCUT2D eigenvalue weighted by atomic mass is 35.5. The molecule has 1 saturated carbocycles. The molecule has 0 atom stereocenters. The molecule has 0 aromatic heterocycles. The monoisotopic (exact) mass is 296 g/mol. The Morgan fingerprint density at radius 1 is 1.35 bits per heavy atom. The molecule has 0 bridgehead atoms. The molecule has 1 aromatic rings. The number of ether oxygens (including phenoxy) is 1. The largest absolute Gasteiger partial charge is 0.452 e. The van der Waals surface area contributed by atoms with Crippen molar-refractivity contribution in [3.63, 3.8) is 0 Å². The minimum Gasteiger partial charge on any atom is -0.452 e. The fraction of sp³-hybridized carbons (Fsp3) is 0.429. The van der Waals surface area contributed by atoms with Crippen molar-refractivity contribution < 1.29 is 14.3 Å². The quantitative estimate of drug-likeness (QED) is 0.659. The number of benzene rings is 1. The number of esters is 1. The maximum atomic E-state index is 11.8. The predicted molar refractivity (Wildman–Crippen MR) is 76.5 cm³/mol. The molecule has 1 aromatic carbocycles. The molecule has 0 heterocycles. The van der Waals surface area contributed by atoms with Gasteiger partial charge in [-0.3, -0.25) is 4.79 Å². The molecule has 0 spiro atoms. The Hall–Kier alpha value is -1.75. The number of rotatable bonds is 4. The molecule has 0 radical (unpaired) electrons. The van der Waals surface area contributed by atoms with E-state index in [1.165, 1.54) is 12.1 Å². The van der Waals surface area contributed by atoms with Crippen molar-refractivity contribution in [1.82, 2.24) is 5.32 Å². The Bertz CT molecular complexity index is 513. The Balaban J connectivity index is 1.85. The fourth-order valence-electron chi connectivity index (χ4n) is 2.25. The minimum atomic E-state index is -0.647. The van der Waals surface area contributed by atoms with Crippen molar-refractivity contribution in [1.29, 1.82) is 0 Å². The SMILES string of the molecule is Nc1ccc(Cl)cc1C(=O)OCC(=O)NC1CCCC1. The molecule has 2 rings (SSSR count). The van der Waals surface area contributed by atoms with Crippen LogP contribution in [0.3, 0.4) is 0 Å². The summed E-state index contributed by atoms with van der Waals surface area (Å²) in [5, 5.41) is 3.23. The van der Waals surface area contributed by atoms with Gasteiger partial charge in [-0.05, 0) is 31.0 Å². The van der Waals surface area contributed by atoms with Crippen LogP contribution >= 0.6 is 11.6 Å². The third kappa shape index (κ3) is 3.87. The fourth-order valence-corrected chi connectivity index (χ4v) is 2.43. The first-order valence-electron chi connectivity index (χ1n) is 6.58. The van der Waals surface area contributed by atoms with E-state index in [-0.39, 0.29) is 29.8 Å². The highest BCUT2D eigenvalue weighted by molar-refractivity contribution is 6.31. The van der Waals surface area contributed by atoms with E-state index in [1.807, 2.05) is 0 Å². The summed E-state index contributed by atoms with van der Waals surface area (Å²) in [6.45, 7) is -0.304. The van der Waals surface area contributed by atoms with E-state index >= 15 is 0 Å². The summed E-state index contributed by atoms with van der Waals surface area (Å²) in [4.78, 5) is 23.5. The summed E-state index contributed by atoms with van der Waals surface area (Å²) in [6.07, 6.45) is 4.23. The lowest BCUT2D eigenvalue weighted by Gasteiger charge is -2.12. The van der Waals surface area contributed by atoms with Crippen LogP contribution in [-0.2, 0) is 9.53 Å². The van der Waals surface area contributed by atoms with Gasteiger partial charge in [0.2, 0.25) is 0 Å². The van der Waals surface area contributed by atoms with Gasteiger partial charge >= 0.3 is 5.97 Å². The smallest absolute Gasteiger partial charge is 0.340 e. The molecule has 6 heteroatoms. The van der Waals surface area contributed by atoms with Crippen LogP contribution in [0, 0.1) is 0 Å². The van der Waals surface area contributed by atoms with Gasteiger partial charge in [-0.25, -0.2) is 4.79 Å². The van der Waals surface area contributed by atoms with Crippen LogP contribution < -0.4 is 11.1 Å². The molecular weight excluding hydrogens is 280 g/mol. The van der Waals surface area contributed by atoms with Gasteiger partial charge in [0.25, 0.3) is 5.91 Å². The molecule has 5 nitrogen and oxygen atoms in total. The third-order valence-corrected chi connectivity index (χ3v) is 3.52. The van der Waals surface area contributed by atoms with Gasteiger partial charge in [0.05, 0.1) is 5.56 Å². The second-order valence-corrected chi connectivity index (χ2v) is 5.29. The Morgan fingerprint density at radius 3 is 2.75 bits per heavy atom. The van der Waals surface area contributed by atoms with E-state index in [4.69, 9.17) is 22.1 Å². The van der Waals surface area contributed by atoms with Crippen LogP contribution in [0.4, 0.5) is 5.69 Å². The van der Waals surface area contributed by atoms with Crippen LogP contribution in [0.25, 0.3) is 0 Å². The first kappa shape index (κ1) is 14.7. The molecule has 0 aliphatic heterocycles. The zero-order valence-electron chi connectivity index (χ0n) is 11.0. The van der Waals surface area contributed by atoms with E-state index in [2.05, 4.69) is 5.32 Å². The van der Waals surface area contributed by atoms with Crippen molar-refractivity contribution in [2.24, 2.45) is 0 Å². The van der Waals surface area contributed by atoms with E-state index in [1.54, 1.807) is 6.07 Å². The van der Waals surface area contributed by atoms with Crippen LogP contribution in [0.5, 0.6) is 0 Å². The van der Waals surface area contributed by atoms with E-state index < -0.39 is 5.97 Å². The number of hydrogen-bond donors (Lipinski definition) is 2. The summed E-state index contributed by atoms with van der Waals surface area (Å²) in [5.41, 5.74) is 6.11. The number of anilines is 1. The molecule has 0 saturated heterocycles. The first-order valence-corrected chi connectivity index (χ1v) is 6.95. The average molecular weight is 297 g/mol. The zero-order valence-corrected chi connectivity index (χ0v) is 11.8. The van der Waals surface area contributed by atoms with Crippen molar-refractivity contribution in [2.75, 3.05) is 12.3 Å². The Morgan fingerprint density at radius 2 is 2.05 bits per heavy atom. The summed E-state index contributed by atoms with van der Waals surface area (Å²) in [7, 11) is 0. The molecule has 1 aliphatic rings. The highest BCUT2D eigenvalue weighted by Crippen LogP contribution is 2.19. The van der Waals surface area contributed by atoms with Gasteiger partial charge in [0, 0.05) is 16.8 Å². The highest BCUT2D eigenvalue weighted by Gasteiger charge is 2.18. The van der Waals surface area contributed by atoms with Crippen LogP contribution in [0.15, 0.2) is 18.2 Å². The number of hydrogen-bond acceptors (Lipinski definition) is 4. The average Bonchev–Trinajstić information content (AvgIpc) is 2.91. The van der Waals surface area contributed by atoms with Crippen molar-refractivity contribution in [3.05, 3.63) is 28.8 Å². The van der Waals surface area contributed by atoms with Crippen LogP contribution in [0.1, 0.15) is 36.0 Å². The summed E-state index contributed by atoms with van der Waals surface area (Å²) >= 11 is 5.79. The number of amides is 1. The van der Waals surface area contributed by atoms with Crippen molar-refractivity contribution in [3.8, 4) is 0 Å². The molecule has 0 unspecified atom stereocenters. The Labute approximate surface area is 122 Å². The number of nitrogen functional groups attached to an aromatic ring is 1.